The number of amides is 2. The van der Waals surface area contributed by atoms with Gasteiger partial charge in [-0.15, -0.1) is 0 Å². The maximum Gasteiger partial charge on any atom is 0.275 e. The molecule has 3 aromatic carbocycles. The van der Waals surface area contributed by atoms with Gasteiger partial charge < -0.3 is 19.9 Å². The Labute approximate surface area is 179 Å². The van der Waals surface area contributed by atoms with E-state index in [1.807, 2.05) is 6.07 Å². The van der Waals surface area contributed by atoms with Crippen molar-refractivity contribution in [3.05, 3.63) is 83.9 Å². The molecule has 158 valence electrons. The fourth-order valence-corrected chi connectivity index (χ4v) is 2.62. The molecule has 0 bridgehead atoms. The normalized spacial score (nSPS) is 10.5. The molecule has 0 aliphatic heterocycles. The quantitative estimate of drug-likeness (QED) is 0.384. The molecule has 0 atom stereocenters. The number of nitrogens with one attached hydrogen (secondary N) is 2. The smallest absolute Gasteiger partial charge is 0.275 e. The number of carbonyl (C=O) groups excluding carboxylic acids is 2. The van der Waals surface area contributed by atoms with Gasteiger partial charge in [-0.1, -0.05) is 24.3 Å². The molecule has 0 spiro atoms. The molecule has 0 aliphatic rings. The number of ether oxygens (including phenoxy) is 2. The number of carbonyl (C=O) groups is 2. The van der Waals surface area contributed by atoms with E-state index in [1.165, 1.54) is 25.5 Å². The van der Waals surface area contributed by atoms with Crippen LogP contribution in [0.3, 0.4) is 0 Å². The lowest BCUT2D eigenvalue weighted by atomic mass is 10.2. The van der Waals surface area contributed by atoms with E-state index < -0.39 is 5.91 Å². The van der Waals surface area contributed by atoms with E-state index >= 15 is 0 Å². The number of phenolic OH excluding ortho intramolecular Hbond substituents is 1. The minimum absolute atomic E-state index is 0.119. The Morgan fingerprint density at radius 1 is 1.00 bits per heavy atom. The monoisotopic (exact) mass is 419 g/mol. The molecule has 2 amide bonds. The van der Waals surface area contributed by atoms with Crippen LogP contribution in [0.1, 0.15) is 15.9 Å². The SMILES string of the molecule is COc1ccccc1NC(=O)COc1ccc(/C=N\NC(=O)c2ccccc2O)cc1. The highest BCUT2D eigenvalue weighted by Gasteiger charge is 2.09. The number of hydrogen-bond donors (Lipinski definition) is 3. The number of hydrazone groups is 1. The second-order valence-electron chi connectivity index (χ2n) is 6.32. The highest BCUT2D eigenvalue weighted by Crippen LogP contribution is 2.23. The lowest BCUT2D eigenvalue weighted by Gasteiger charge is -2.10. The Bertz CT molecular complexity index is 1080. The van der Waals surface area contributed by atoms with E-state index in [9.17, 15) is 14.7 Å². The van der Waals surface area contributed by atoms with Crippen molar-refractivity contribution >= 4 is 23.7 Å². The molecule has 0 aromatic heterocycles. The first-order chi connectivity index (χ1) is 15.1. The zero-order chi connectivity index (χ0) is 22.1. The average Bonchev–Trinajstić information content (AvgIpc) is 2.79. The lowest BCUT2D eigenvalue weighted by molar-refractivity contribution is -0.118. The van der Waals surface area contributed by atoms with Crippen LogP contribution in [0.4, 0.5) is 5.69 Å². The van der Waals surface area contributed by atoms with E-state index in [0.29, 0.717) is 22.7 Å². The van der Waals surface area contributed by atoms with Gasteiger partial charge in [-0.25, -0.2) is 5.43 Å². The molecule has 3 N–H and O–H groups in total. The Kier molecular flexibility index (Phi) is 7.21. The molecular formula is C23H21N3O5. The van der Waals surface area contributed by atoms with Crippen molar-refractivity contribution in [2.45, 2.75) is 0 Å². The Morgan fingerprint density at radius 3 is 2.45 bits per heavy atom. The minimum Gasteiger partial charge on any atom is -0.507 e. The summed E-state index contributed by atoms with van der Waals surface area (Å²) in [6, 6.07) is 20.1. The van der Waals surface area contributed by atoms with E-state index in [-0.39, 0.29) is 23.8 Å². The van der Waals surface area contributed by atoms with Crippen LogP contribution in [0.2, 0.25) is 0 Å². The van der Waals surface area contributed by atoms with Gasteiger partial charge in [0.2, 0.25) is 0 Å². The molecule has 8 nitrogen and oxygen atoms in total. The van der Waals surface area contributed by atoms with Crippen LogP contribution in [0.15, 0.2) is 77.9 Å². The first-order valence-electron chi connectivity index (χ1n) is 9.34. The van der Waals surface area contributed by atoms with Crippen molar-refractivity contribution in [2.75, 3.05) is 19.0 Å². The van der Waals surface area contributed by atoms with Gasteiger partial charge in [0.15, 0.2) is 6.61 Å². The number of aromatic hydroxyl groups is 1. The number of benzene rings is 3. The van der Waals surface area contributed by atoms with E-state index in [2.05, 4.69) is 15.8 Å². The average molecular weight is 419 g/mol. The summed E-state index contributed by atoms with van der Waals surface area (Å²) in [5.41, 5.74) is 3.76. The van der Waals surface area contributed by atoms with E-state index in [4.69, 9.17) is 9.47 Å². The van der Waals surface area contributed by atoms with Crippen molar-refractivity contribution in [1.82, 2.24) is 5.43 Å². The maximum atomic E-state index is 12.1. The first kappa shape index (κ1) is 21.4. The van der Waals surface area contributed by atoms with Crippen molar-refractivity contribution in [2.24, 2.45) is 5.10 Å². The van der Waals surface area contributed by atoms with Crippen LogP contribution in [0, 0.1) is 0 Å². The molecule has 3 rings (SSSR count). The van der Waals surface area contributed by atoms with Gasteiger partial charge in [0, 0.05) is 0 Å². The summed E-state index contributed by atoms with van der Waals surface area (Å²) < 4.78 is 10.7. The van der Waals surface area contributed by atoms with Crippen LogP contribution in [0.5, 0.6) is 17.2 Å². The summed E-state index contributed by atoms with van der Waals surface area (Å²) in [6.07, 6.45) is 1.45. The largest absolute Gasteiger partial charge is 0.507 e. The van der Waals surface area contributed by atoms with Gasteiger partial charge in [-0.2, -0.15) is 5.10 Å². The van der Waals surface area contributed by atoms with Crippen molar-refractivity contribution in [3.63, 3.8) is 0 Å². The predicted octanol–water partition coefficient (Wildman–Crippen LogP) is 3.18. The molecular weight excluding hydrogens is 398 g/mol. The molecule has 0 heterocycles. The van der Waals surface area contributed by atoms with Crippen molar-refractivity contribution < 1.29 is 24.2 Å². The van der Waals surface area contributed by atoms with Crippen LogP contribution in [-0.4, -0.2) is 36.9 Å². The third-order valence-electron chi connectivity index (χ3n) is 4.16. The van der Waals surface area contributed by atoms with Crippen LogP contribution in [-0.2, 0) is 4.79 Å². The summed E-state index contributed by atoms with van der Waals surface area (Å²) >= 11 is 0. The highest BCUT2D eigenvalue weighted by atomic mass is 16.5. The molecule has 0 unspecified atom stereocenters. The summed E-state index contributed by atoms with van der Waals surface area (Å²) in [5, 5.41) is 16.3. The van der Waals surface area contributed by atoms with Crippen molar-refractivity contribution in [3.8, 4) is 17.2 Å². The van der Waals surface area contributed by atoms with Gasteiger partial charge >= 0.3 is 0 Å². The van der Waals surface area contributed by atoms with Gasteiger partial charge in [-0.05, 0) is 54.1 Å². The Balaban J connectivity index is 1.48. The summed E-state index contributed by atoms with van der Waals surface area (Å²) in [7, 11) is 1.53. The molecule has 8 heteroatoms. The van der Waals surface area contributed by atoms with Gasteiger partial charge in [0.1, 0.15) is 17.2 Å². The second-order valence-corrected chi connectivity index (χ2v) is 6.32. The Hall–Kier alpha value is -4.33. The number of methoxy groups -OCH3 is 1. The van der Waals surface area contributed by atoms with Crippen LogP contribution < -0.4 is 20.2 Å². The highest BCUT2D eigenvalue weighted by molar-refractivity contribution is 5.97. The van der Waals surface area contributed by atoms with Crippen LogP contribution in [0.25, 0.3) is 0 Å². The zero-order valence-corrected chi connectivity index (χ0v) is 16.7. The molecule has 0 aliphatic carbocycles. The molecule has 31 heavy (non-hydrogen) atoms. The standard InChI is InChI=1S/C23H21N3O5/c1-30-21-9-5-3-7-19(21)25-22(28)15-31-17-12-10-16(11-13-17)14-24-26-23(29)18-6-2-4-8-20(18)27/h2-14,27H,15H2,1H3,(H,25,28)(H,26,29)/b24-14-. The Morgan fingerprint density at radius 2 is 1.71 bits per heavy atom. The summed E-state index contributed by atoms with van der Waals surface area (Å²) in [6.45, 7) is -0.165. The third kappa shape index (κ3) is 6.07. The molecule has 0 saturated carbocycles. The number of phenols is 1. The van der Waals surface area contributed by atoms with E-state index in [0.717, 1.165) is 0 Å². The minimum atomic E-state index is -0.518. The molecule has 3 aromatic rings. The maximum absolute atomic E-state index is 12.1. The summed E-state index contributed by atoms with van der Waals surface area (Å²) in [4.78, 5) is 24.1. The fourth-order valence-electron chi connectivity index (χ4n) is 2.62. The fraction of sp³-hybridized carbons (Fsp3) is 0.0870. The number of hydrogen-bond acceptors (Lipinski definition) is 6. The lowest BCUT2D eigenvalue weighted by Crippen LogP contribution is -2.20. The number of rotatable bonds is 8. The van der Waals surface area contributed by atoms with Crippen molar-refractivity contribution in [1.29, 1.82) is 0 Å². The van der Waals surface area contributed by atoms with Gasteiger partial charge in [0.25, 0.3) is 11.8 Å². The van der Waals surface area contributed by atoms with Gasteiger partial charge in [0.05, 0.1) is 24.6 Å². The zero-order valence-electron chi connectivity index (χ0n) is 16.7. The van der Waals surface area contributed by atoms with Gasteiger partial charge in [-0.3, -0.25) is 9.59 Å². The molecule has 0 saturated heterocycles. The van der Waals surface area contributed by atoms with Crippen LogP contribution >= 0.6 is 0 Å². The second kappa shape index (κ2) is 10.4. The number of anilines is 1. The third-order valence-corrected chi connectivity index (χ3v) is 4.16. The first-order valence-corrected chi connectivity index (χ1v) is 9.34. The van der Waals surface area contributed by atoms with E-state index in [1.54, 1.807) is 54.6 Å². The topological polar surface area (TPSA) is 109 Å². The number of para-hydroxylation sites is 3. The molecule has 0 radical (unpaired) electrons. The molecule has 0 fully saturated rings. The summed E-state index contributed by atoms with van der Waals surface area (Å²) in [5.74, 6) is 0.114. The number of nitrogens with zero attached hydrogens (tertiary/aromatic N) is 1. The predicted molar refractivity (Wildman–Crippen MR) is 117 cm³/mol.